The average Bonchev–Trinajstić information content (AvgIpc) is 3.29. The van der Waals surface area contributed by atoms with Gasteiger partial charge in [0.15, 0.2) is 5.78 Å². The van der Waals surface area contributed by atoms with E-state index >= 15 is 0 Å². The number of fused-ring (bicyclic) bond motifs is 1. The second-order valence-electron chi connectivity index (χ2n) is 8.66. The lowest BCUT2D eigenvalue weighted by Gasteiger charge is -2.39. The minimum atomic E-state index is -1.34. The first-order valence-electron chi connectivity index (χ1n) is 9.47. The second-order valence-corrected chi connectivity index (χ2v) is 8.66. The van der Waals surface area contributed by atoms with Gasteiger partial charge in [0, 0.05) is 17.5 Å². The Hall–Kier alpha value is -1.72. The predicted molar refractivity (Wildman–Crippen MR) is 101 cm³/mol. The van der Waals surface area contributed by atoms with E-state index < -0.39 is 17.1 Å². The van der Waals surface area contributed by atoms with Crippen molar-refractivity contribution in [2.75, 3.05) is 6.54 Å². The van der Waals surface area contributed by atoms with Crippen molar-refractivity contribution in [1.82, 2.24) is 5.32 Å². The fraction of sp³-hybridized carbons (Fsp3) is 0.619. The summed E-state index contributed by atoms with van der Waals surface area (Å²) in [6, 6.07) is -0.525. The molecule has 3 aliphatic rings. The molecule has 1 amide bonds. The van der Waals surface area contributed by atoms with Gasteiger partial charge in [-0.25, -0.2) is 0 Å². The van der Waals surface area contributed by atoms with Gasteiger partial charge < -0.3 is 16.2 Å². The lowest BCUT2D eigenvalue weighted by molar-refractivity contribution is -0.137. The highest BCUT2D eigenvalue weighted by Crippen LogP contribution is 2.64. The number of carbonyl (C=O) groups excluding carboxylic acids is 2. The third kappa shape index (κ3) is 2.69. The highest BCUT2D eigenvalue weighted by molar-refractivity contribution is 6.10. The van der Waals surface area contributed by atoms with Crippen LogP contribution in [0.15, 0.2) is 33.9 Å². The number of rotatable bonds is 5. The van der Waals surface area contributed by atoms with Crippen LogP contribution >= 0.6 is 0 Å². The van der Waals surface area contributed by atoms with E-state index in [-0.39, 0.29) is 11.7 Å². The molecule has 0 bridgehead atoms. The maximum atomic E-state index is 12.9. The molecule has 1 fully saturated rings. The first-order chi connectivity index (χ1) is 12.0. The fourth-order valence-electron chi connectivity index (χ4n) is 4.56. The molecule has 4 N–H and O–H groups in total. The summed E-state index contributed by atoms with van der Waals surface area (Å²) in [7, 11) is 0. The fourth-order valence-corrected chi connectivity index (χ4v) is 4.56. The number of nitrogens with one attached hydrogen (secondary N) is 1. The Morgan fingerprint density at radius 3 is 2.50 bits per heavy atom. The molecule has 0 aromatic carbocycles. The highest BCUT2D eigenvalue weighted by atomic mass is 16.3. The van der Waals surface area contributed by atoms with Gasteiger partial charge in [0.1, 0.15) is 5.60 Å². The van der Waals surface area contributed by atoms with Crippen molar-refractivity contribution in [2.45, 2.75) is 65.5 Å². The lowest BCUT2D eigenvalue weighted by Crippen LogP contribution is -2.49. The van der Waals surface area contributed by atoms with Crippen LogP contribution in [0.3, 0.4) is 0 Å². The largest absolute Gasteiger partial charge is 0.381 e. The second kappa shape index (κ2) is 6.17. The molecule has 142 valence electrons. The Labute approximate surface area is 155 Å². The molecule has 1 unspecified atom stereocenters. The normalized spacial score (nSPS) is 27.8. The van der Waals surface area contributed by atoms with Crippen LogP contribution in [0.25, 0.3) is 0 Å². The summed E-state index contributed by atoms with van der Waals surface area (Å²) >= 11 is 0. The van der Waals surface area contributed by atoms with Crippen LogP contribution in [-0.2, 0) is 9.59 Å². The smallest absolute Gasteiger partial charge is 0.237 e. The Kier molecular flexibility index (Phi) is 4.52. The Bertz CT molecular complexity index is 764. The van der Waals surface area contributed by atoms with Crippen LogP contribution in [0.4, 0.5) is 0 Å². The predicted octanol–water partition coefficient (Wildman–Crippen LogP) is 2.16. The molecule has 1 saturated carbocycles. The van der Waals surface area contributed by atoms with Gasteiger partial charge >= 0.3 is 0 Å². The van der Waals surface area contributed by atoms with E-state index in [0.717, 1.165) is 35.1 Å². The van der Waals surface area contributed by atoms with Gasteiger partial charge in [0.05, 0.1) is 6.04 Å². The van der Waals surface area contributed by atoms with E-state index in [1.807, 2.05) is 33.8 Å². The van der Waals surface area contributed by atoms with Crippen molar-refractivity contribution < 1.29 is 14.7 Å². The van der Waals surface area contributed by atoms with E-state index in [4.69, 9.17) is 5.73 Å². The Morgan fingerprint density at radius 1 is 1.35 bits per heavy atom. The van der Waals surface area contributed by atoms with Crippen LogP contribution in [0, 0.1) is 11.3 Å². The van der Waals surface area contributed by atoms with Crippen molar-refractivity contribution >= 4 is 11.7 Å². The zero-order valence-electron chi connectivity index (χ0n) is 16.4. The molecular formula is C21H30N2O3. The number of Topliss-reactive ketones (excluding diaryl/α,β-unsaturated/α-hetero) is 1. The first-order valence-corrected chi connectivity index (χ1v) is 9.47. The molecule has 5 heteroatoms. The average molecular weight is 358 g/mol. The van der Waals surface area contributed by atoms with Crippen LogP contribution < -0.4 is 11.1 Å². The monoisotopic (exact) mass is 358 g/mol. The summed E-state index contributed by atoms with van der Waals surface area (Å²) in [6.45, 7) is 10.0. The molecule has 0 aliphatic heterocycles. The van der Waals surface area contributed by atoms with Gasteiger partial charge in [-0.1, -0.05) is 19.4 Å². The van der Waals surface area contributed by atoms with Crippen molar-refractivity contribution in [3.8, 4) is 0 Å². The molecule has 0 heterocycles. The van der Waals surface area contributed by atoms with Crippen molar-refractivity contribution in [3.63, 3.8) is 0 Å². The zero-order valence-corrected chi connectivity index (χ0v) is 16.4. The molecule has 5 nitrogen and oxygen atoms in total. The van der Waals surface area contributed by atoms with Gasteiger partial charge in [-0.3, -0.25) is 9.59 Å². The summed E-state index contributed by atoms with van der Waals surface area (Å²) in [5.41, 5.74) is 8.70. The molecule has 0 radical (unpaired) electrons. The van der Waals surface area contributed by atoms with E-state index in [2.05, 4.69) is 5.32 Å². The topological polar surface area (TPSA) is 92.4 Å². The number of allylic oxidation sites excluding steroid dienone is 2. The number of aliphatic hydroxyl groups is 1. The van der Waals surface area contributed by atoms with Crippen LogP contribution in [0.5, 0.6) is 0 Å². The van der Waals surface area contributed by atoms with Gasteiger partial charge in [0.25, 0.3) is 0 Å². The summed E-state index contributed by atoms with van der Waals surface area (Å²) in [5.74, 6) is -0.0110. The van der Waals surface area contributed by atoms with Gasteiger partial charge in [0.2, 0.25) is 5.91 Å². The van der Waals surface area contributed by atoms with Gasteiger partial charge in [-0.15, -0.1) is 0 Å². The third-order valence-electron chi connectivity index (χ3n) is 6.37. The van der Waals surface area contributed by atoms with E-state index in [0.29, 0.717) is 24.5 Å². The molecule has 26 heavy (non-hydrogen) atoms. The summed E-state index contributed by atoms with van der Waals surface area (Å²) in [5, 5.41) is 13.8. The molecule has 3 aliphatic carbocycles. The van der Waals surface area contributed by atoms with Crippen molar-refractivity contribution in [2.24, 2.45) is 17.1 Å². The number of carbonyl (C=O) groups is 2. The molecular weight excluding hydrogens is 328 g/mol. The standard InChI is InChI=1S/C21H30N2O3/c1-11(2)8-16(22)19(25)23-10-15-12(3)9-14-17(15)13(4)21(6-7-21)20(5,26)18(14)24/h9,11,16,26H,6-8,10,22H2,1-5H3,(H,23,25)/t16?,20-/m0/s1. The van der Waals surface area contributed by atoms with E-state index in [9.17, 15) is 14.7 Å². The number of ketones is 1. The lowest BCUT2D eigenvalue weighted by atomic mass is 9.67. The number of nitrogens with two attached hydrogens (primary N) is 1. The minimum Gasteiger partial charge on any atom is -0.381 e. The quantitative estimate of drug-likeness (QED) is 0.702. The minimum absolute atomic E-state index is 0.166. The van der Waals surface area contributed by atoms with Crippen molar-refractivity contribution in [3.05, 3.63) is 33.9 Å². The highest BCUT2D eigenvalue weighted by Gasteiger charge is 2.65. The molecule has 3 rings (SSSR count). The molecule has 2 atom stereocenters. The summed E-state index contributed by atoms with van der Waals surface area (Å²) in [4.78, 5) is 25.2. The summed E-state index contributed by atoms with van der Waals surface area (Å²) < 4.78 is 0. The maximum absolute atomic E-state index is 12.9. The Balaban J connectivity index is 1.84. The van der Waals surface area contributed by atoms with Crippen LogP contribution in [0.2, 0.25) is 0 Å². The molecule has 0 aromatic rings. The molecule has 1 spiro atoms. The van der Waals surface area contributed by atoms with Gasteiger partial charge in [-0.05, 0) is 68.7 Å². The maximum Gasteiger partial charge on any atom is 0.237 e. The Morgan fingerprint density at radius 2 is 1.96 bits per heavy atom. The zero-order chi connectivity index (χ0) is 19.4. The third-order valence-corrected chi connectivity index (χ3v) is 6.37. The number of hydrogen-bond acceptors (Lipinski definition) is 4. The van der Waals surface area contributed by atoms with Gasteiger partial charge in [-0.2, -0.15) is 0 Å². The molecule has 0 saturated heterocycles. The van der Waals surface area contributed by atoms with Crippen molar-refractivity contribution in [1.29, 1.82) is 0 Å². The molecule has 0 aromatic heterocycles. The number of hydrogen-bond donors (Lipinski definition) is 3. The van der Waals surface area contributed by atoms with E-state index in [1.165, 1.54) is 0 Å². The SMILES string of the molecule is CC1=C(CNC(=O)C(N)CC(C)C)C2=C(C)C3(CC3)[C@@](C)(O)C(=O)C2=C1. The first kappa shape index (κ1) is 19.1. The van der Waals surface area contributed by atoms with E-state index in [1.54, 1.807) is 6.92 Å². The van der Waals surface area contributed by atoms with Crippen LogP contribution in [-0.4, -0.2) is 35.0 Å². The summed E-state index contributed by atoms with van der Waals surface area (Å²) in [6.07, 6.45) is 4.14. The van der Waals surface area contributed by atoms with Crippen LogP contribution in [0.1, 0.15) is 53.9 Å². The number of amides is 1.